The van der Waals surface area contributed by atoms with Gasteiger partial charge in [-0.05, 0) is 51.2 Å². The SMILES string of the molecule is CN(C)[C@@H](CNC(=O)N1CCCC[C@@H]1CCNS(C)(=O)=O)c1cccs1. The summed E-state index contributed by atoms with van der Waals surface area (Å²) in [5.74, 6) is 0. The summed E-state index contributed by atoms with van der Waals surface area (Å²) in [7, 11) is 0.830. The van der Waals surface area contributed by atoms with E-state index in [1.807, 2.05) is 30.4 Å². The number of likely N-dealkylation sites (tertiary alicyclic amines) is 1. The molecule has 1 saturated heterocycles. The van der Waals surface area contributed by atoms with Crippen molar-refractivity contribution in [3.63, 3.8) is 0 Å². The van der Waals surface area contributed by atoms with Gasteiger partial charge in [-0.15, -0.1) is 11.3 Å². The van der Waals surface area contributed by atoms with Crippen LogP contribution < -0.4 is 10.0 Å². The van der Waals surface area contributed by atoms with Gasteiger partial charge in [0, 0.05) is 30.6 Å². The monoisotopic (exact) mass is 402 g/mol. The van der Waals surface area contributed by atoms with E-state index in [9.17, 15) is 13.2 Å². The Morgan fingerprint density at radius 2 is 2.19 bits per heavy atom. The van der Waals surface area contributed by atoms with E-state index >= 15 is 0 Å². The normalized spacial score (nSPS) is 19.5. The first-order valence-electron chi connectivity index (χ1n) is 8.97. The molecule has 2 heterocycles. The highest BCUT2D eigenvalue weighted by atomic mass is 32.2. The molecule has 7 nitrogen and oxygen atoms in total. The van der Waals surface area contributed by atoms with Crippen molar-refractivity contribution in [3.8, 4) is 0 Å². The molecule has 0 aromatic carbocycles. The fourth-order valence-electron chi connectivity index (χ4n) is 3.28. The summed E-state index contributed by atoms with van der Waals surface area (Å²) >= 11 is 1.69. The lowest BCUT2D eigenvalue weighted by Crippen LogP contribution is -2.50. The van der Waals surface area contributed by atoms with Crippen LogP contribution in [0.25, 0.3) is 0 Å². The summed E-state index contributed by atoms with van der Waals surface area (Å²) in [4.78, 5) is 17.9. The lowest BCUT2D eigenvalue weighted by atomic mass is 10.00. The number of carbonyl (C=O) groups is 1. The summed E-state index contributed by atoms with van der Waals surface area (Å²) in [6, 6.07) is 4.28. The van der Waals surface area contributed by atoms with Crippen LogP contribution in [0.2, 0.25) is 0 Å². The van der Waals surface area contributed by atoms with E-state index in [1.165, 1.54) is 4.88 Å². The first-order valence-corrected chi connectivity index (χ1v) is 11.7. The van der Waals surface area contributed by atoms with Crippen LogP contribution in [-0.4, -0.2) is 70.3 Å². The number of nitrogens with one attached hydrogen (secondary N) is 2. The number of sulfonamides is 1. The van der Waals surface area contributed by atoms with E-state index < -0.39 is 10.0 Å². The van der Waals surface area contributed by atoms with E-state index in [-0.39, 0.29) is 18.1 Å². The third kappa shape index (κ3) is 6.53. The van der Waals surface area contributed by atoms with Crippen molar-refractivity contribution >= 4 is 27.4 Å². The zero-order chi connectivity index (χ0) is 19.2. The molecule has 26 heavy (non-hydrogen) atoms. The molecule has 1 aromatic heterocycles. The van der Waals surface area contributed by atoms with Crippen LogP contribution in [0.4, 0.5) is 4.79 Å². The summed E-state index contributed by atoms with van der Waals surface area (Å²) in [6.45, 7) is 1.64. The second-order valence-electron chi connectivity index (χ2n) is 6.98. The highest BCUT2D eigenvalue weighted by Gasteiger charge is 2.27. The van der Waals surface area contributed by atoms with Crippen molar-refractivity contribution in [3.05, 3.63) is 22.4 Å². The quantitative estimate of drug-likeness (QED) is 0.695. The van der Waals surface area contributed by atoms with Crippen LogP contribution in [0.3, 0.4) is 0 Å². The van der Waals surface area contributed by atoms with Gasteiger partial charge in [0.25, 0.3) is 0 Å². The molecular formula is C17H30N4O3S2. The van der Waals surface area contributed by atoms with Crippen LogP contribution in [0.1, 0.15) is 36.6 Å². The van der Waals surface area contributed by atoms with E-state index in [0.717, 1.165) is 32.1 Å². The van der Waals surface area contributed by atoms with Crippen molar-refractivity contribution in [2.75, 3.05) is 40.0 Å². The molecule has 0 saturated carbocycles. The molecule has 1 aliphatic rings. The Labute approximate surface area is 160 Å². The molecule has 0 unspecified atom stereocenters. The van der Waals surface area contributed by atoms with Gasteiger partial charge < -0.3 is 15.1 Å². The van der Waals surface area contributed by atoms with Crippen molar-refractivity contribution in [1.29, 1.82) is 0 Å². The van der Waals surface area contributed by atoms with Gasteiger partial charge in [-0.2, -0.15) is 0 Å². The van der Waals surface area contributed by atoms with E-state index in [1.54, 1.807) is 11.3 Å². The van der Waals surface area contributed by atoms with Gasteiger partial charge in [-0.3, -0.25) is 0 Å². The third-order valence-electron chi connectivity index (χ3n) is 4.67. The summed E-state index contributed by atoms with van der Waals surface area (Å²) in [6.07, 6.45) is 4.78. The minimum Gasteiger partial charge on any atom is -0.336 e. The maximum Gasteiger partial charge on any atom is 0.317 e. The van der Waals surface area contributed by atoms with Gasteiger partial charge >= 0.3 is 6.03 Å². The molecule has 0 radical (unpaired) electrons. The van der Waals surface area contributed by atoms with Crippen LogP contribution in [0, 0.1) is 0 Å². The van der Waals surface area contributed by atoms with Crippen LogP contribution >= 0.6 is 11.3 Å². The second kappa shape index (κ2) is 9.68. The fourth-order valence-corrected chi connectivity index (χ4v) is 4.69. The number of nitrogens with zero attached hydrogens (tertiary/aromatic N) is 2. The number of hydrogen-bond acceptors (Lipinski definition) is 5. The van der Waals surface area contributed by atoms with Gasteiger partial charge in [-0.25, -0.2) is 17.9 Å². The number of amides is 2. The summed E-state index contributed by atoms with van der Waals surface area (Å²) in [5.41, 5.74) is 0. The Morgan fingerprint density at radius 1 is 1.42 bits per heavy atom. The van der Waals surface area contributed by atoms with Crippen LogP contribution in [0.15, 0.2) is 17.5 Å². The Hall–Kier alpha value is -1.16. The minimum atomic E-state index is -3.19. The molecule has 2 amide bonds. The standard InChI is InChI=1S/C17H30N4O3S2/c1-20(2)15(16-8-6-12-25-16)13-18-17(22)21-11-5-4-7-14(21)9-10-19-26(3,23)24/h6,8,12,14-15,19H,4-5,7,9-11,13H2,1-3H3,(H,18,22)/t14-,15+/m1/s1. The largest absolute Gasteiger partial charge is 0.336 e. The number of hydrogen-bond donors (Lipinski definition) is 2. The summed E-state index contributed by atoms with van der Waals surface area (Å²) < 4.78 is 25.0. The first-order chi connectivity index (χ1) is 12.3. The van der Waals surface area contributed by atoms with Gasteiger partial charge in [0.05, 0.1) is 12.3 Å². The molecule has 9 heteroatoms. The van der Waals surface area contributed by atoms with Gasteiger partial charge in [0.1, 0.15) is 0 Å². The number of urea groups is 1. The third-order valence-corrected chi connectivity index (χ3v) is 6.37. The smallest absolute Gasteiger partial charge is 0.317 e. The lowest BCUT2D eigenvalue weighted by Gasteiger charge is -2.36. The average Bonchev–Trinajstić information content (AvgIpc) is 3.08. The molecule has 1 aromatic rings. The molecule has 0 bridgehead atoms. The topological polar surface area (TPSA) is 81.8 Å². The number of piperidine rings is 1. The molecule has 1 fully saturated rings. The number of likely N-dealkylation sites (N-methyl/N-ethyl adjacent to an activating group) is 1. The minimum absolute atomic E-state index is 0.0579. The van der Waals surface area contributed by atoms with E-state index in [2.05, 4.69) is 21.0 Å². The summed E-state index contributed by atoms with van der Waals surface area (Å²) in [5, 5.41) is 5.12. The Morgan fingerprint density at radius 3 is 2.81 bits per heavy atom. The number of rotatable bonds is 8. The molecule has 2 N–H and O–H groups in total. The number of thiophene rings is 1. The highest BCUT2D eigenvalue weighted by molar-refractivity contribution is 7.88. The Bertz CT molecular complexity index is 662. The lowest BCUT2D eigenvalue weighted by molar-refractivity contribution is 0.144. The molecule has 1 aliphatic heterocycles. The van der Waals surface area contributed by atoms with Crippen LogP contribution in [-0.2, 0) is 10.0 Å². The van der Waals surface area contributed by atoms with E-state index in [4.69, 9.17) is 0 Å². The van der Waals surface area contributed by atoms with E-state index in [0.29, 0.717) is 19.5 Å². The maximum absolute atomic E-state index is 12.7. The van der Waals surface area contributed by atoms with Crippen molar-refractivity contribution in [2.24, 2.45) is 0 Å². The second-order valence-corrected chi connectivity index (χ2v) is 9.79. The predicted octanol–water partition coefficient (Wildman–Crippen LogP) is 1.85. The highest BCUT2D eigenvalue weighted by Crippen LogP contribution is 2.23. The van der Waals surface area contributed by atoms with Crippen LogP contribution in [0.5, 0.6) is 0 Å². The maximum atomic E-state index is 12.7. The predicted molar refractivity (Wildman–Crippen MR) is 106 cm³/mol. The van der Waals surface area contributed by atoms with Crippen molar-refractivity contribution < 1.29 is 13.2 Å². The fraction of sp³-hybridized carbons (Fsp3) is 0.706. The Kier molecular flexibility index (Phi) is 7.87. The van der Waals surface area contributed by atoms with Gasteiger partial charge in [-0.1, -0.05) is 6.07 Å². The molecule has 2 rings (SSSR count). The molecule has 0 spiro atoms. The zero-order valence-electron chi connectivity index (χ0n) is 15.8. The molecule has 148 valence electrons. The zero-order valence-corrected chi connectivity index (χ0v) is 17.4. The van der Waals surface area contributed by atoms with Gasteiger partial charge in [0.2, 0.25) is 10.0 Å². The molecular weight excluding hydrogens is 372 g/mol. The van der Waals surface area contributed by atoms with Crippen molar-refractivity contribution in [1.82, 2.24) is 19.8 Å². The van der Waals surface area contributed by atoms with Gasteiger partial charge in [0.15, 0.2) is 0 Å². The average molecular weight is 403 g/mol. The molecule has 0 aliphatic carbocycles. The number of carbonyl (C=O) groups excluding carboxylic acids is 1. The Balaban J connectivity index is 1.90. The molecule has 2 atom stereocenters. The van der Waals surface area contributed by atoms with Crippen molar-refractivity contribution in [2.45, 2.75) is 37.8 Å². The first kappa shape index (κ1) is 21.1.